The summed E-state index contributed by atoms with van der Waals surface area (Å²) >= 11 is 1.84. The van der Waals surface area contributed by atoms with E-state index in [2.05, 4.69) is 156 Å². The summed E-state index contributed by atoms with van der Waals surface area (Å²) in [4.78, 5) is 15.8. The van der Waals surface area contributed by atoms with Crippen LogP contribution in [0.5, 0.6) is 0 Å². The monoisotopic (exact) mass is 746 g/mol. The van der Waals surface area contributed by atoms with Crippen molar-refractivity contribution in [3.63, 3.8) is 0 Å². The minimum atomic E-state index is 0.554. The second-order valence-electron chi connectivity index (χ2n) is 14.3. The third-order valence-corrected chi connectivity index (χ3v) is 12.3. The van der Waals surface area contributed by atoms with Crippen LogP contribution < -0.4 is 0 Å². The summed E-state index contributed by atoms with van der Waals surface area (Å²) in [5, 5.41) is 7.02. The smallest absolute Gasteiger partial charge is 0.238 e. The molecule has 0 radical (unpaired) electrons. The molecule has 8 aromatic carbocycles. The van der Waals surface area contributed by atoms with Gasteiger partial charge in [-0.25, -0.2) is 4.98 Å². The number of aromatic nitrogens is 4. The highest BCUT2D eigenvalue weighted by molar-refractivity contribution is 7.26. The third-order valence-electron chi connectivity index (χ3n) is 11.1. The number of thiophene rings is 1. The second-order valence-corrected chi connectivity index (χ2v) is 15.4. The van der Waals surface area contributed by atoms with Gasteiger partial charge in [0.15, 0.2) is 11.6 Å². The summed E-state index contributed by atoms with van der Waals surface area (Å²) in [7, 11) is 0. The number of nitrogens with zero attached hydrogens (tertiary/aromatic N) is 4. The van der Waals surface area contributed by atoms with Gasteiger partial charge in [0.1, 0.15) is 11.2 Å². The van der Waals surface area contributed by atoms with Crippen molar-refractivity contribution in [2.45, 2.75) is 0 Å². The number of para-hydroxylation sites is 1. The minimum Gasteiger partial charge on any atom is -0.456 e. The van der Waals surface area contributed by atoms with Crippen molar-refractivity contribution >= 4 is 75.3 Å². The van der Waals surface area contributed by atoms with Crippen molar-refractivity contribution < 1.29 is 4.42 Å². The van der Waals surface area contributed by atoms with Gasteiger partial charge >= 0.3 is 0 Å². The van der Waals surface area contributed by atoms with Crippen LogP contribution in [0.4, 0.5) is 0 Å². The van der Waals surface area contributed by atoms with Crippen LogP contribution in [-0.2, 0) is 0 Å². The molecule has 0 aliphatic carbocycles. The van der Waals surface area contributed by atoms with Gasteiger partial charge < -0.3 is 4.42 Å². The Kier molecular flexibility index (Phi) is 7.03. The Hall–Kier alpha value is -7.41. The fraction of sp³-hybridized carbons (Fsp3) is 0. The van der Waals surface area contributed by atoms with Gasteiger partial charge in [-0.1, -0.05) is 152 Å². The molecule has 0 saturated heterocycles. The molecule has 0 aliphatic heterocycles. The van der Waals surface area contributed by atoms with Gasteiger partial charge in [-0.3, -0.25) is 4.57 Å². The zero-order valence-corrected chi connectivity index (χ0v) is 31.2. The zero-order valence-electron chi connectivity index (χ0n) is 30.4. The lowest BCUT2D eigenvalue weighted by atomic mass is 9.99. The first-order chi connectivity index (χ1) is 28.3. The number of furan rings is 1. The highest BCUT2D eigenvalue weighted by atomic mass is 32.1. The van der Waals surface area contributed by atoms with Crippen molar-refractivity contribution in [1.29, 1.82) is 0 Å². The quantitative estimate of drug-likeness (QED) is 0.176. The van der Waals surface area contributed by atoms with E-state index in [1.54, 1.807) is 0 Å². The van der Waals surface area contributed by atoms with Gasteiger partial charge in [-0.15, -0.1) is 11.3 Å². The van der Waals surface area contributed by atoms with Crippen LogP contribution in [0, 0.1) is 0 Å². The lowest BCUT2D eigenvalue weighted by Crippen LogP contribution is -2.07. The highest BCUT2D eigenvalue weighted by Crippen LogP contribution is 2.45. The molecule has 0 unspecified atom stereocenters. The average Bonchev–Trinajstić information content (AvgIpc) is 3.96. The fourth-order valence-electron chi connectivity index (χ4n) is 8.52. The number of fused-ring (bicyclic) bond motifs is 10. The molecule has 57 heavy (non-hydrogen) atoms. The van der Waals surface area contributed by atoms with Crippen molar-refractivity contribution in [1.82, 2.24) is 19.5 Å². The van der Waals surface area contributed by atoms with E-state index in [9.17, 15) is 0 Å². The predicted octanol–water partition coefficient (Wildman–Crippen LogP) is 13.9. The number of benzene rings is 8. The first-order valence-electron chi connectivity index (χ1n) is 19.0. The second kappa shape index (κ2) is 12.6. The van der Waals surface area contributed by atoms with Crippen molar-refractivity contribution in [2.75, 3.05) is 0 Å². The van der Waals surface area contributed by atoms with E-state index in [0.29, 0.717) is 17.6 Å². The molecule has 0 fully saturated rings. The van der Waals surface area contributed by atoms with Gasteiger partial charge in [0, 0.05) is 58.4 Å². The number of hydrogen-bond acceptors (Lipinski definition) is 5. The molecule has 0 saturated carbocycles. The van der Waals surface area contributed by atoms with E-state index in [-0.39, 0.29) is 0 Å². The maximum atomic E-state index is 6.56. The highest BCUT2D eigenvalue weighted by Gasteiger charge is 2.23. The Bertz CT molecular complexity index is 3510. The largest absolute Gasteiger partial charge is 0.456 e. The summed E-state index contributed by atoms with van der Waals surface area (Å²) in [5.41, 5.74) is 10.0. The Balaban J connectivity index is 1.15. The Morgan fingerprint density at radius 3 is 1.84 bits per heavy atom. The molecular weight excluding hydrogens is 717 g/mol. The first kappa shape index (κ1) is 31.9. The molecule has 0 spiro atoms. The molecule has 4 aromatic heterocycles. The molecule has 6 heteroatoms. The molecule has 12 rings (SSSR count). The Morgan fingerprint density at radius 1 is 0.421 bits per heavy atom. The van der Waals surface area contributed by atoms with Gasteiger partial charge in [0.05, 0.1) is 11.0 Å². The van der Waals surface area contributed by atoms with E-state index in [1.165, 1.54) is 25.6 Å². The van der Waals surface area contributed by atoms with E-state index in [1.807, 2.05) is 41.7 Å². The van der Waals surface area contributed by atoms with Gasteiger partial charge in [-0.2, -0.15) is 9.97 Å². The molecular formula is C51H30N4OS. The number of rotatable bonds is 5. The molecule has 0 bridgehead atoms. The lowest BCUT2D eigenvalue weighted by Gasteiger charge is -2.13. The summed E-state index contributed by atoms with van der Waals surface area (Å²) in [6.07, 6.45) is 0. The molecule has 5 nitrogen and oxygen atoms in total. The van der Waals surface area contributed by atoms with Crippen molar-refractivity contribution in [2.24, 2.45) is 0 Å². The molecule has 266 valence electrons. The molecule has 0 aliphatic rings. The summed E-state index contributed by atoms with van der Waals surface area (Å²) < 4.78 is 11.3. The van der Waals surface area contributed by atoms with Crippen LogP contribution in [0.25, 0.3) is 115 Å². The maximum absolute atomic E-state index is 6.56. The summed E-state index contributed by atoms with van der Waals surface area (Å²) in [5.74, 6) is 1.72. The normalized spacial score (nSPS) is 11.9. The van der Waals surface area contributed by atoms with E-state index in [0.717, 1.165) is 71.7 Å². The first-order valence-corrected chi connectivity index (χ1v) is 19.8. The van der Waals surface area contributed by atoms with Crippen molar-refractivity contribution in [3.05, 3.63) is 182 Å². The molecule has 0 amide bonds. The van der Waals surface area contributed by atoms with Crippen LogP contribution in [0.1, 0.15) is 0 Å². The Morgan fingerprint density at radius 2 is 1.05 bits per heavy atom. The summed E-state index contributed by atoms with van der Waals surface area (Å²) in [6, 6.07) is 63.6. The van der Waals surface area contributed by atoms with Gasteiger partial charge in [0.2, 0.25) is 5.95 Å². The van der Waals surface area contributed by atoms with E-state index in [4.69, 9.17) is 19.4 Å². The third kappa shape index (κ3) is 4.98. The fourth-order valence-corrected chi connectivity index (χ4v) is 9.78. The number of hydrogen-bond donors (Lipinski definition) is 0. The van der Waals surface area contributed by atoms with E-state index < -0.39 is 0 Å². The SMILES string of the molecule is c1ccc(-c2nc(-c3ccc4c(c3)oc3cccc(-c5ccccc5)c34)nc(-n3c4ccc5c6ccccc6sc5c4c4cccc(-c5ccccc5)c43)n2)cc1. The van der Waals surface area contributed by atoms with Crippen LogP contribution in [0.2, 0.25) is 0 Å². The van der Waals surface area contributed by atoms with Gasteiger partial charge in [-0.05, 0) is 47.0 Å². The average molecular weight is 747 g/mol. The van der Waals surface area contributed by atoms with Crippen LogP contribution in [0.15, 0.2) is 186 Å². The topological polar surface area (TPSA) is 56.7 Å². The van der Waals surface area contributed by atoms with Gasteiger partial charge in [0.25, 0.3) is 0 Å². The van der Waals surface area contributed by atoms with Crippen molar-refractivity contribution in [3.8, 4) is 51.0 Å². The Labute approximate surface area is 330 Å². The molecule has 0 atom stereocenters. The summed E-state index contributed by atoms with van der Waals surface area (Å²) in [6.45, 7) is 0. The lowest BCUT2D eigenvalue weighted by molar-refractivity contribution is 0.669. The predicted molar refractivity (Wildman–Crippen MR) is 236 cm³/mol. The standard InChI is InChI=1S/C51H30N4OS/c1-4-14-31(15-5-1)35-21-13-24-42-45(35)39-27-26-34(30-43(39)56-42)50-52-49(33-18-8-3-9-19-33)53-51(54-50)55-41-29-28-38-37-20-10-11-25-44(37)57-48(38)46(41)40-23-12-22-36(47(40)55)32-16-6-2-7-17-32/h1-30H. The molecule has 0 N–H and O–H groups in total. The molecule has 4 heterocycles. The van der Waals surface area contributed by atoms with E-state index >= 15 is 0 Å². The zero-order chi connectivity index (χ0) is 37.5. The van der Waals surface area contributed by atoms with Crippen LogP contribution >= 0.6 is 11.3 Å². The maximum Gasteiger partial charge on any atom is 0.238 e. The van der Waals surface area contributed by atoms with Crippen LogP contribution in [0.3, 0.4) is 0 Å². The molecule has 12 aromatic rings. The van der Waals surface area contributed by atoms with Crippen LogP contribution in [-0.4, -0.2) is 19.5 Å². The minimum absolute atomic E-state index is 0.554.